The van der Waals surface area contributed by atoms with Gasteiger partial charge >= 0.3 is 5.69 Å². The summed E-state index contributed by atoms with van der Waals surface area (Å²) >= 11 is 0. The van der Waals surface area contributed by atoms with Crippen LogP contribution in [0, 0.1) is 6.92 Å². The number of hydrogen-bond acceptors (Lipinski definition) is 3. The van der Waals surface area contributed by atoms with Gasteiger partial charge in [0.05, 0.1) is 10.9 Å². The Morgan fingerprint density at radius 1 is 0.903 bits per heavy atom. The van der Waals surface area contributed by atoms with Gasteiger partial charge < -0.3 is 10.3 Å². The minimum absolute atomic E-state index is 0.224. The molecule has 2 N–H and O–H groups in total. The third-order valence-electron chi connectivity index (χ3n) is 5.31. The molecule has 156 valence electrons. The Balaban J connectivity index is 1.71. The predicted octanol–water partition coefficient (Wildman–Crippen LogP) is 3.10. The summed E-state index contributed by atoms with van der Waals surface area (Å²) in [5.41, 5.74) is 2.30. The van der Waals surface area contributed by atoms with Gasteiger partial charge in [-0.1, -0.05) is 72.3 Å². The Labute approximate surface area is 179 Å². The van der Waals surface area contributed by atoms with Gasteiger partial charge in [0, 0.05) is 13.0 Å². The third kappa shape index (κ3) is 4.48. The Morgan fingerprint density at radius 2 is 1.58 bits per heavy atom. The lowest BCUT2D eigenvalue weighted by Crippen LogP contribution is -2.45. The molecule has 4 aromatic rings. The fourth-order valence-electron chi connectivity index (χ4n) is 3.61. The first-order valence-corrected chi connectivity index (χ1v) is 10.1. The number of hydrogen-bond donors (Lipinski definition) is 2. The highest BCUT2D eigenvalue weighted by Gasteiger charge is 2.25. The maximum atomic E-state index is 13.2. The number of carbonyl (C=O) groups excluding carboxylic acids is 1. The molecule has 1 amide bonds. The Bertz CT molecular complexity index is 1320. The summed E-state index contributed by atoms with van der Waals surface area (Å²) in [4.78, 5) is 41.9. The van der Waals surface area contributed by atoms with Crippen LogP contribution < -0.4 is 16.6 Å². The molecule has 6 nitrogen and oxygen atoms in total. The number of rotatable bonds is 6. The van der Waals surface area contributed by atoms with Crippen molar-refractivity contribution in [1.29, 1.82) is 0 Å². The first-order valence-electron chi connectivity index (χ1n) is 10.1. The van der Waals surface area contributed by atoms with E-state index in [9.17, 15) is 14.4 Å². The van der Waals surface area contributed by atoms with Gasteiger partial charge in [-0.3, -0.25) is 9.59 Å². The summed E-state index contributed by atoms with van der Waals surface area (Å²) in [5.74, 6) is -0.382. The van der Waals surface area contributed by atoms with Crippen LogP contribution in [0.3, 0.4) is 0 Å². The average Bonchev–Trinajstić information content (AvgIpc) is 2.78. The molecule has 0 aliphatic carbocycles. The van der Waals surface area contributed by atoms with Crippen molar-refractivity contribution in [2.75, 3.05) is 0 Å². The Hall–Kier alpha value is -3.93. The van der Waals surface area contributed by atoms with Gasteiger partial charge in [-0.2, -0.15) is 0 Å². The molecule has 0 aliphatic rings. The van der Waals surface area contributed by atoms with Crippen LogP contribution in [-0.4, -0.2) is 15.5 Å². The molecule has 4 rings (SSSR count). The van der Waals surface area contributed by atoms with Crippen molar-refractivity contribution < 1.29 is 4.79 Å². The molecule has 6 heteroatoms. The van der Waals surface area contributed by atoms with Gasteiger partial charge in [-0.15, -0.1) is 0 Å². The lowest BCUT2D eigenvalue weighted by molar-refractivity contribution is -0.124. The summed E-state index contributed by atoms with van der Waals surface area (Å²) in [5, 5.41) is 3.26. The molecule has 0 saturated heterocycles. The SMILES string of the molecule is Cc1ccc(CNC(=O)[C@@H](Cc2ccccc2)n2c(=O)[nH]c3ccccc3c2=O)cc1. The fraction of sp³-hybridized carbons (Fsp3) is 0.160. The van der Waals surface area contributed by atoms with Crippen LogP contribution in [0.15, 0.2) is 88.5 Å². The fourth-order valence-corrected chi connectivity index (χ4v) is 3.61. The van der Waals surface area contributed by atoms with Crippen LogP contribution in [-0.2, 0) is 17.8 Å². The number of nitrogens with one attached hydrogen (secondary N) is 2. The van der Waals surface area contributed by atoms with Crippen molar-refractivity contribution in [3.63, 3.8) is 0 Å². The molecule has 31 heavy (non-hydrogen) atoms. The topological polar surface area (TPSA) is 84.0 Å². The molecule has 0 unspecified atom stereocenters. The number of carbonyl (C=O) groups is 1. The summed E-state index contributed by atoms with van der Waals surface area (Å²) < 4.78 is 1.03. The molecular weight excluding hydrogens is 390 g/mol. The molecule has 0 fully saturated rings. The maximum absolute atomic E-state index is 13.2. The molecule has 1 aromatic heterocycles. The van der Waals surface area contributed by atoms with Crippen molar-refractivity contribution in [3.05, 3.63) is 116 Å². The van der Waals surface area contributed by atoms with Gasteiger partial charge in [0.15, 0.2) is 0 Å². The lowest BCUT2D eigenvalue weighted by atomic mass is 10.0. The zero-order chi connectivity index (χ0) is 21.8. The number of aromatic nitrogens is 2. The second kappa shape index (κ2) is 8.83. The number of para-hydroxylation sites is 1. The minimum atomic E-state index is -0.978. The van der Waals surface area contributed by atoms with Crippen molar-refractivity contribution in [1.82, 2.24) is 14.9 Å². The number of H-pyrrole nitrogens is 1. The molecule has 0 saturated carbocycles. The smallest absolute Gasteiger partial charge is 0.329 e. The van der Waals surface area contributed by atoms with Crippen molar-refractivity contribution >= 4 is 16.8 Å². The van der Waals surface area contributed by atoms with E-state index in [1.54, 1.807) is 24.3 Å². The normalized spacial score (nSPS) is 11.9. The molecule has 1 heterocycles. The zero-order valence-corrected chi connectivity index (χ0v) is 17.2. The first kappa shape index (κ1) is 20.3. The summed E-state index contributed by atoms with van der Waals surface area (Å²) in [6.45, 7) is 2.31. The maximum Gasteiger partial charge on any atom is 0.329 e. The molecule has 1 atom stereocenters. The van der Waals surface area contributed by atoms with Crippen LogP contribution in [0.25, 0.3) is 10.9 Å². The lowest BCUT2D eigenvalue weighted by Gasteiger charge is -2.19. The zero-order valence-electron chi connectivity index (χ0n) is 17.2. The second-order valence-electron chi connectivity index (χ2n) is 7.56. The van der Waals surface area contributed by atoms with Crippen molar-refractivity contribution in [2.45, 2.75) is 25.9 Å². The van der Waals surface area contributed by atoms with Crippen LogP contribution in [0.4, 0.5) is 0 Å². The minimum Gasteiger partial charge on any atom is -0.350 e. The number of fused-ring (bicyclic) bond motifs is 1. The Morgan fingerprint density at radius 3 is 2.32 bits per heavy atom. The van der Waals surface area contributed by atoms with E-state index in [4.69, 9.17) is 0 Å². The largest absolute Gasteiger partial charge is 0.350 e. The number of aromatic amines is 1. The van der Waals surface area contributed by atoms with Gasteiger partial charge in [0.2, 0.25) is 5.91 Å². The van der Waals surface area contributed by atoms with E-state index in [1.165, 1.54) is 0 Å². The highest BCUT2D eigenvalue weighted by Crippen LogP contribution is 2.14. The standard InChI is InChI=1S/C25H23N3O3/c1-17-11-13-19(14-12-17)16-26-23(29)22(15-18-7-3-2-4-8-18)28-24(30)20-9-5-6-10-21(20)27-25(28)31/h2-14,22H,15-16H2,1H3,(H,26,29)(H,27,31)/t22-/m1/s1. The van der Waals surface area contributed by atoms with Crippen LogP contribution in [0.5, 0.6) is 0 Å². The van der Waals surface area contributed by atoms with Gasteiger partial charge in [0.1, 0.15) is 6.04 Å². The van der Waals surface area contributed by atoms with Gasteiger partial charge in [0.25, 0.3) is 5.56 Å². The van der Waals surface area contributed by atoms with E-state index in [2.05, 4.69) is 10.3 Å². The summed E-state index contributed by atoms with van der Waals surface area (Å²) in [6.07, 6.45) is 0.224. The van der Waals surface area contributed by atoms with E-state index in [1.807, 2.05) is 61.5 Å². The number of nitrogens with zero attached hydrogens (tertiary/aromatic N) is 1. The summed E-state index contributed by atoms with van der Waals surface area (Å²) in [7, 11) is 0. The monoisotopic (exact) mass is 413 g/mol. The molecule has 0 spiro atoms. The van der Waals surface area contributed by atoms with Crippen LogP contribution >= 0.6 is 0 Å². The van der Waals surface area contributed by atoms with E-state index >= 15 is 0 Å². The van der Waals surface area contributed by atoms with E-state index in [0.29, 0.717) is 17.4 Å². The average molecular weight is 413 g/mol. The molecule has 0 aliphatic heterocycles. The number of aryl methyl sites for hydroxylation is 1. The molecular formula is C25H23N3O3. The van der Waals surface area contributed by atoms with Crippen LogP contribution in [0.1, 0.15) is 22.7 Å². The third-order valence-corrected chi connectivity index (χ3v) is 5.31. The van der Waals surface area contributed by atoms with Crippen molar-refractivity contribution in [3.8, 4) is 0 Å². The van der Waals surface area contributed by atoms with Gasteiger partial charge in [-0.25, -0.2) is 9.36 Å². The first-order chi connectivity index (χ1) is 15.0. The quantitative estimate of drug-likeness (QED) is 0.509. The number of amides is 1. The van der Waals surface area contributed by atoms with E-state index in [-0.39, 0.29) is 12.3 Å². The van der Waals surface area contributed by atoms with Crippen LogP contribution in [0.2, 0.25) is 0 Å². The highest BCUT2D eigenvalue weighted by molar-refractivity contribution is 5.82. The van der Waals surface area contributed by atoms with Gasteiger partial charge in [-0.05, 0) is 30.2 Å². The molecule has 0 bridgehead atoms. The number of benzene rings is 3. The summed E-state index contributed by atoms with van der Waals surface area (Å²) in [6, 6.07) is 23.0. The van der Waals surface area contributed by atoms with Crippen molar-refractivity contribution in [2.24, 2.45) is 0 Å². The Kier molecular flexibility index (Phi) is 5.80. The molecule has 0 radical (unpaired) electrons. The molecule has 3 aromatic carbocycles. The van der Waals surface area contributed by atoms with E-state index in [0.717, 1.165) is 21.3 Å². The van der Waals surface area contributed by atoms with E-state index < -0.39 is 17.3 Å². The predicted molar refractivity (Wildman–Crippen MR) is 121 cm³/mol. The second-order valence-corrected chi connectivity index (χ2v) is 7.56. The highest BCUT2D eigenvalue weighted by atomic mass is 16.2.